The van der Waals surface area contributed by atoms with Crippen LogP contribution in [-0.4, -0.2) is 31.9 Å². The number of hydrogen-bond donors (Lipinski definition) is 1. The largest absolute Gasteiger partial charge is 0.493 e. The fourth-order valence-electron chi connectivity index (χ4n) is 1.47. The Balaban J connectivity index is 2.56. The minimum Gasteiger partial charge on any atom is -0.493 e. The van der Waals surface area contributed by atoms with E-state index in [1.54, 1.807) is 14.2 Å². The normalized spacial score (nSPS) is 11.8. The van der Waals surface area contributed by atoms with E-state index < -0.39 is 0 Å². The second kappa shape index (κ2) is 7.94. The molecule has 1 rings (SSSR count). The molecule has 1 amide bonds. The van der Waals surface area contributed by atoms with Crippen LogP contribution in [0.3, 0.4) is 0 Å². The van der Waals surface area contributed by atoms with Gasteiger partial charge in [0.2, 0.25) is 5.91 Å². The van der Waals surface area contributed by atoms with Crippen LogP contribution in [0.1, 0.15) is 20.3 Å². The van der Waals surface area contributed by atoms with Crippen molar-refractivity contribution in [3.63, 3.8) is 0 Å². The molecule has 0 aliphatic heterocycles. The molecule has 106 valence electrons. The molecule has 0 aliphatic rings. The lowest BCUT2D eigenvalue weighted by molar-refractivity contribution is -0.119. The summed E-state index contributed by atoms with van der Waals surface area (Å²) in [6.45, 7) is 4.05. The minimum absolute atomic E-state index is 0.0501. The van der Waals surface area contributed by atoms with Crippen molar-refractivity contribution in [1.29, 1.82) is 0 Å². The van der Waals surface area contributed by atoms with Crippen molar-refractivity contribution in [1.82, 2.24) is 5.32 Å². The maximum absolute atomic E-state index is 11.7. The molecule has 0 radical (unpaired) electrons. The minimum atomic E-state index is 0.0501. The van der Waals surface area contributed by atoms with Crippen LogP contribution in [0.4, 0.5) is 0 Å². The highest BCUT2D eigenvalue weighted by Gasteiger charge is 2.08. The van der Waals surface area contributed by atoms with Gasteiger partial charge in [0, 0.05) is 10.9 Å². The van der Waals surface area contributed by atoms with Gasteiger partial charge in [-0.05, 0) is 31.5 Å². The summed E-state index contributed by atoms with van der Waals surface area (Å²) in [5, 5.41) is 2.94. The monoisotopic (exact) mass is 283 g/mol. The van der Waals surface area contributed by atoms with Gasteiger partial charge in [-0.1, -0.05) is 6.92 Å². The number of rotatable bonds is 7. The van der Waals surface area contributed by atoms with Crippen molar-refractivity contribution >= 4 is 17.7 Å². The van der Waals surface area contributed by atoms with Crippen molar-refractivity contribution in [2.45, 2.75) is 31.2 Å². The summed E-state index contributed by atoms with van der Waals surface area (Å²) in [6, 6.07) is 5.86. The second-order valence-electron chi connectivity index (χ2n) is 4.18. The molecule has 0 aliphatic carbocycles. The molecule has 0 saturated heterocycles. The Morgan fingerprint density at radius 3 is 2.58 bits per heavy atom. The molecule has 1 atom stereocenters. The van der Waals surface area contributed by atoms with E-state index in [-0.39, 0.29) is 11.9 Å². The summed E-state index contributed by atoms with van der Waals surface area (Å²) in [4.78, 5) is 12.7. The van der Waals surface area contributed by atoms with E-state index in [0.29, 0.717) is 17.3 Å². The predicted molar refractivity (Wildman–Crippen MR) is 78.2 cm³/mol. The van der Waals surface area contributed by atoms with Gasteiger partial charge in [0.15, 0.2) is 11.5 Å². The number of thioether (sulfide) groups is 1. The maximum atomic E-state index is 11.7. The summed E-state index contributed by atoms with van der Waals surface area (Å²) in [5.74, 6) is 1.82. The Bertz CT molecular complexity index is 423. The number of methoxy groups -OCH3 is 2. The zero-order valence-corrected chi connectivity index (χ0v) is 12.7. The van der Waals surface area contributed by atoms with Crippen molar-refractivity contribution in [2.24, 2.45) is 0 Å². The predicted octanol–water partition coefficient (Wildman–Crippen LogP) is 2.71. The summed E-state index contributed by atoms with van der Waals surface area (Å²) < 4.78 is 10.4. The molecule has 4 nitrogen and oxygen atoms in total. The van der Waals surface area contributed by atoms with Gasteiger partial charge < -0.3 is 14.8 Å². The van der Waals surface area contributed by atoms with Gasteiger partial charge in [0.05, 0.1) is 20.0 Å². The summed E-state index contributed by atoms with van der Waals surface area (Å²) >= 11 is 1.48. The van der Waals surface area contributed by atoms with Crippen LogP contribution in [0.25, 0.3) is 0 Å². The third kappa shape index (κ3) is 5.03. The number of ether oxygens (including phenoxy) is 2. The van der Waals surface area contributed by atoms with Gasteiger partial charge in [-0.15, -0.1) is 11.8 Å². The van der Waals surface area contributed by atoms with Crippen LogP contribution in [0.5, 0.6) is 11.5 Å². The molecule has 0 fully saturated rings. The smallest absolute Gasteiger partial charge is 0.230 e. The summed E-state index contributed by atoms with van der Waals surface area (Å²) in [6.07, 6.45) is 0.937. The number of amides is 1. The summed E-state index contributed by atoms with van der Waals surface area (Å²) in [7, 11) is 3.20. The van der Waals surface area contributed by atoms with E-state index in [1.165, 1.54) is 11.8 Å². The van der Waals surface area contributed by atoms with Crippen molar-refractivity contribution in [2.75, 3.05) is 20.0 Å². The van der Waals surface area contributed by atoms with Crippen LogP contribution in [0.15, 0.2) is 23.1 Å². The van der Waals surface area contributed by atoms with Gasteiger partial charge >= 0.3 is 0 Å². The number of carbonyl (C=O) groups excluding carboxylic acids is 1. The first-order valence-corrected chi connectivity index (χ1v) is 7.23. The lowest BCUT2D eigenvalue weighted by Crippen LogP contribution is -2.33. The third-order valence-corrected chi connectivity index (χ3v) is 3.74. The van der Waals surface area contributed by atoms with E-state index in [0.717, 1.165) is 11.3 Å². The topological polar surface area (TPSA) is 47.6 Å². The average Bonchev–Trinajstić information content (AvgIpc) is 2.44. The van der Waals surface area contributed by atoms with E-state index in [1.807, 2.05) is 32.0 Å². The molecule has 1 aromatic carbocycles. The van der Waals surface area contributed by atoms with Crippen LogP contribution in [0, 0.1) is 0 Å². The lowest BCUT2D eigenvalue weighted by Gasteiger charge is -2.12. The van der Waals surface area contributed by atoms with Crippen LogP contribution >= 0.6 is 11.8 Å². The highest BCUT2D eigenvalue weighted by molar-refractivity contribution is 8.00. The zero-order chi connectivity index (χ0) is 14.3. The number of hydrogen-bond acceptors (Lipinski definition) is 4. The standard InChI is InChI=1S/C14H21NO3S/c1-5-10(2)15-14(16)9-19-11-6-7-12(17-3)13(8-11)18-4/h6-8,10H,5,9H2,1-4H3,(H,15,16). The fourth-order valence-corrected chi connectivity index (χ4v) is 2.21. The molecule has 0 aromatic heterocycles. The van der Waals surface area contributed by atoms with E-state index in [4.69, 9.17) is 9.47 Å². The Morgan fingerprint density at radius 1 is 1.32 bits per heavy atom. The molecule has 5 heteroatoms. The summed E-state index contributed by atoms with van der Waals surface area (Å²) in [5.41, 5.74) is 0. The zero-order valence-electron chi connectivity index (χ0n) is 11.9. The molecule has 0 bridgehead atoms. The molecular weight excluding hydrogens is 262 g/mol. The second-order valence-corrected chi connectivity index (χ2v) is 5.23. The van der Waals surface area contributed by atoms with E-state index >= 15 is 0 Å². The SMILES string of the molecule is CCC(C)NC(=O)CSc1ccc(OC)c(OC)c1. The van der Waals surface area contributed by atoms with Gasteiger partial charge in [0.1, 0.15) is 0 Å². The van der Waals surface area contributed by atoms with Gasteiger partial charge in [0.25, 0.3) is 0 Å². The number of nitrogens with one attached hydrogen (secondary N) is 1. The van der Waals surface area contributed by atoms with Crippen molar-refractivity contribution in [3.8, 4) is 11.5 Å². The molecule has 0 heterocycles. The molecule has 0 saturated carbocycles. The van der Waals surface area contributed by atoms with E-state index in [9.17, 15) is 4.79 Å². The first-order chi connectivity index (χ1) is 9.10. The third-order valence-electron chi connectivity index (χ3n) is 2.74. The Hall–Kier alpha value is -1.36. The lowest BCUT2D eigenvalue weighted by atomic mass is 10.3. The first kappa shape index (κ1) is 15.7. The fraction of sp³-hybridized carbons (Fsp3) is 0.500. The number of carbonyl (C=O) groups is 1. The van der Waals surface area contributed by atoms with Crippen LogP contribution < -0.4 is 14.8 Å². The highest BCUT2D eigenvalue weighted by atomic mass is 32.2. The van der Waals surface area contributed by atoms with Gasteiger partial charge in [-0.2, -0.15) is 0 Å². The highest BCUT2D eigenvalue weighted by Crippen LogP contribution is 2.31. The average molecular weight is 283 g/mol. The van der Waals surface area contributed by atoms with E-state index in [2.05, 4.69) is 5.32 Å². The number of benzene rings is 1. The molecule has 0 spiro atoms. The Kier molecular flexibility index (Phi) is 6.56. The Labute approximate surface area is 118 Å². The van der Waals surface area contributed by atoms with Crippen molar-refractivity contribution in [3.05, 3.63) is 18.2 Å². The Morgan fingerprint density at radius 2 is 2.00 bits per heavy atom. The van der Waals surface area contributed by atoms with Crippen LogP contribution in [0.2, 0.25) is 0 Å². The molecule has 1 aromatic rings. The molecule has 1 N–H and O–H groups in total. The van der Waals surface area contributed by atoms with Crippen LogP contribution in [-0.2, 0) is 4.79 Å². The van der Waals surface area contributed by atoms with Crippen molar-refractivity contribution < 1.29 is 14.3 Å². The van der Waals surface area contributed by atoms with Gasteiger partial charge in [-0.3, -0.25) is 4.79 Å². The molecule has 1 unspecified atom stereocenters. The molecular formula is C14H21NO3S. The first-order valence-electron chi connectivity index (χ1n) is 6.24. The van der Waals surface area contributed by atoms with Gasteiger partial charge in [-0.25, -0.2) is 0 Å². The maximum Gasteiger partial charge on any atom is 0.230 e. The molecule has 19 heavy (non-hydrogen) atoms. The quantitative estimate of drug-likeness (QED) is 0.782.